The third-order valence-corrected chi connectivity index (χ3v) is 3.88. The van der Waals surface area contributed by atoms with E-state index in [1.54, 1.807) is 7.11 Å². The normalized spacial score (nSPS) is 14.4. The van der Waals surface area contributed by atoms with Crippen molar-refractivity contribution in [2.45, 2.75) is 39.3 Å². The molecule has 0 amide bonds. The highest BCUT2D eigenvalue weighted by atomic mass is 16.5. The molecule has 1 aromatic rings. The minimum atomic E-state index is 0.404. The maximum Gasteiger partial charge on any atom is 0.0590 e. The van der Waals surface area contributed by atoms with Gasteiger partial charge in [0.1, 0.15) is 0 Å². The van der Waals surface area contributed by atoms with Crippen LogP contribution in [-0.4, -0.2) is 44.3 Å². The van der Waals surface area contributed by atoms with E-state index in [-0.39, 0.29) is 0 Å². The standard InChI is InChI=1S/C17H30N2O/c1-5-15(3)19(12-13-20-4)17(14-18-6-2)16-10-8-7-9-11-16/h7-11,15,17-18H,5-6,12-14H2,1-4H3. The fourth-order valence-corrected chi connectivity index (χ4v) is 2.50. The van der Waals surface area contributed by atoms with Crippen molar-refractivity contribution in [3.05, 3.63) is 35.9 Å². The number of likely N-dealkylation sites (N-methyl/N-ethyl adjacent to an activating group) is 1. The van der Waals surface area contributed by atoms with Crippen LogP contribution in [0.15, 0.2) is 30.3 Å². The molecule has 3 heteroatoms. The maximum atomic E-state index is 5.30. The Morgan fingerprint density at radius 2 is 1.90 bits per heavy atom. The number of benzene rings is 1. The number of methoxy groups -OCH3 is 1. The molecule has 0 bridgehead atoms. The number of hydrogen-bond acceptors (Lipinski definition) is 3. The SMILES string of the molecule is CCNCC(c1ccccc1)N(CCOC)C(C)CC. The smallest absolute Gasteiger partial charge is 0.0590 e. The molecule has 2 unspecified atom stereocenters. The van der Waals surface area contributed by atoms with Crippen molar-refractivity contribution in [3.63, 3.8) is 0 Å². The van der Waals surface area contributed by atoms with Crippen LogP contribution < -0.4 is 5.32 Å². The third-order valence-electron chi connectivity index (χ3n) is 3.88. The average Bonchev–Trinajstić information content (AvgIpc) is 2.50. The van der Waals surface area contributed by atoms with Crippen LogP contribution in [0.5, 0.6) is 0 Å². The van der Waals surface area contributed by atoms with Crippen LogP contribution in [0.25, 0.3) is 0 Å². The number of hydrogen-bond donors (Lipinski definition) is 1. The number of rotatable bonds is 10. The van der Waals surface area contributed by atoms with Crippen molar-refractivity contribution < 1.29 is 4.74 Å². The van der Waals surface area contributed by atoms with E-state index in [4.69, 9.17) is 4.74 Å². The Hall–Kier alpha value is -0.900. The molecule has 1 rings (SSSR count). The first kappa shape index (κ1) is 17.2. The summed E-state index contributed by atoms with van der Waals surface area (Å²) in [4.78, 5) is 2.56. The minimum Gasteiger partial charge on any atom is -0.383 e. The molecule has 1 aromatic carbocycles. The molecule has 0 aromatic heterocycles. The lowest BCUT2D eigenvalue weighted by Gasteiger charge is -2.36. The van der Waals surface area contributed by atoms with Crippen LogP contribution in [0.2, 0.25) is 0 Å². The quantitative estimate of drug-likeness (QED) is 0.712. The van der Waals surface area contributed by atoms with Crippen molar-refractivity contribution >= 4 is 0 Å². The lowest BCUT2D eigenvalue weighted by molar-refractivity contribution is 0.0870. The summed E-state index contributed by atoms with van der Waals surface area (Å²) < 4.78 is 5.30. The van der Waals surface area contributed by atoms with Gasteiger partial charge in [0.2, 0.25) is 0 Å². The highest BCUT2D eigenvalue weighted by Crippen LogP contribution is 2.23. The Bertz CT molecular complexity index is 342. The van der Waals surface area contributed by atoms with E-state index in [1.165, 1.54) is 5.56 Å². The van der Waals surface area contributed by atoms with Gasteiger partial charge >= 0.3 is 0 Å². The van der Waals surface area contributed by atoms with Crippen molar-refractivity contribution in [1.82, 2.24) is 10.2 Å². The van der Waals surface area contributed by atoms with Crippen LogP contribution in [0.4, 0.5) is 0 Å². The Morgan fingerprint density at radius 3 is 2.45 bits per heavy atom. The first-order chi connectivity index (χ1) is 9.74. The number of ether oxygens (including phenoxy) is 1. The Kier molecular flexibility index (Phi) is 8.51. The van der Waals surface area contributed by atoms with Crippen LogP contribution >= 0.6 is 0 Å². The van der Waals surface area contributed by atoms with Gasteiger partial charge in [0.05, 0.1) is 6.61 Å². The first-order valence-corrected chi connectivity index (χ1v) is 7.74. The van der Waals surface area contributed by atoms with Gasteiger partial charge in [-0.05, 0) is 25.5 Å². The van der Waals surface area contributed by atoms with Crippen molar-refractivity contribution in [2.24, 2.45) is 0 Å². The minimum absolute atomic E-state index is 0.404. The van der Waals surface area contributed by atoms with Gasteiger partial charge < -0.3 is 10.1 Å². The number of nitrogens with one attached hydrogen (secondary N) is 1. The third kappa shape index (κ3) is 5.23. The molecule has 1 N–H and O–H groups in total. The van der Waals surface area contributed by atoms with E-state index in [2.05, 4.69) is 61.3 Å². The van der Waals surface area contributed by atoms with E-state index < -0.39 is 0 Å². The largest absolute Gasteiger partial charge is 0.383 e. The predicted molar refractivity (Wildman–Crippen MR) is 86.1 cm³/mol. The zero-order valence-electron chi connectivity index (χ0n) is 13.4. The van der Waals surface area contributed by atoms with Gasteiger partial charge in [-0.25, -0.2) is 0 Å². The Morgan fingerprint density at radius 1 is 1.20 bits per heavy atom. The van der Waals surface area contributed by atoms with Gasteiger partial charge in [-0.3, -0.25) is 4.90 Å². The van der Waals surface area contributed by atoms with Crippen molar-refractivity contribution in [1.29, 1.82) is 0 Å². The zero-order valence-corrected chi connectivity index (χ0v) is 13.4. The Balaban J connectivity index is 2.91. The summed E-state index contributed by atoms with van der Waals surface area (Å²) in [6.45, 7) is 10.4. The molecule has 0 saturated heterocycles. The molecule has 2 atom stereocenters. The summed E-state index contributed by atoms with van der Waals surface area (Å²) in [5.74, 6) is 0. The average molecular weight is 278 g/mol. The van der Waals surface area contributed by atoms with E-state index in [1.807, 2.05) is 0 Å². The van der Waals surface area contributed by atoms with E-state index in [9.17, 15) is 0 Å². The molecule has 20 heavy (non-hydrogen) atoms. The van der Waals surface area contributed by atoms with Gasteiger partial charge in [0.25, 0.3) is 0 Å². The summed E-state index contributed by atoms with van der Waals surface area (Å²) in [5.41, 5.74) is 1.38. The summed E-state index contributed by atoms with van der Waals surface area (Å²) in [7, 11) is 1.77. The van der Waals surface area contributed by atoms with Crippen LogP contribution in [0, 0.1) is 0 Å². The summed E-state index contributed by atoms with van der Waals surface area (Å²) >= 11 is 0. The van der Waals surface area contributed by atoms with Crippen molar-refractivity contribution in [3.8, 4) is 0 Å². The molecule has 3 nitrogen and oxygen atoms in total. The van der Waals surface area contributed by atoms with E-state index in [0.29, 0.717) is 12.1 Å². The van der Waals surface area contributed by atoms with E-state index in [0.717, 1.165) is 32.7 Å². The second-order valence-corrected chi connectivity index (χ2v) is 5.22. The highest BCUT2D eigenvalue weighted by molar-refractivity contribution is 5.19. The molecular weight excluding hydrogens is 248 g/mol. The number of nitrogens with zero attached hydrogens (tertiary/aromatic N) is 1. The predicted octanol–water partition coefficient (Wildman–Crippen LogP) is 3.08. The molecule has 0 saturated carbocycles. The molecule has 0 fully saturated rings. The van der Waals surface area contributed by atoms with Crippen LogP contribution in [-0.2, 0) is 4.74 Å². The van der Waals surface area contributed by atoms with Gasteiger partial charge in [-0.2, -0.15) is 0 Å². The first-order valence-electron chi connectivity index (χ1n) is 7.74. The zero-order chi connectivity index (χ0) is 14.8. The van der Waals surface area contributed by atoms with Gasteiger partial charge in [-0.1, -0.05) is 44.2 Å². The topological polar surface area (TPSA) is 24.5 Å². The second-order valence-electron chi connectivity index (χ2n) is 5.22. The van der Waals surface area contributed by atoms with Crippen LogP contribution in [0.1, 0.15) is 38.8 Å². The summed E-state index contributed by atoms with van der Waals surface area (Å²) in [6.07, 6.45) is 1.15. The molecule has 114 valence electrons. The second kappa shape index (κ2) is 9.92. The molecule has 0 aliphatic heterocycles. The molecule has 0 aliphatic carbocycles. The molecule has 0 aliphatic rings. The van der Waals surface area contributed by atoms with Crippen molar-refractivity contribution in [2.75, 3.05) is 33.4 Å². The monoisotopic (exact) mass is 278 g/mol. The highest BCUT2D eigenvalue weighted by Gasteiger charge is 2.23. The molecule has 0 heterocycles. The molecule has 0 radical (unpaired) electrons. The fourth-order valence-electron chi connectivity index (χ4n) is 2.50. The molecular formula is C17H30N2O. The fraction of sp³-hybridized carbons (Fsp3) is 0.647. The van der Waals surface area contributed by atoms with Gasteiger partial charge in [-0.15, -0.1) is 0 Å². The lowest BCUT2D eigenvalue weighted by atomic mass is 10.0. The van der Waals surface area contributed by atoms with Crippen LogP contribution in [0.3, 0.4) is 0 Å². The lowest BCUT2D eigenvalue weighted by Crippen LogP contribution is -2.42. The maximum absolute atomic E-state index is 5.30. The molecule has 0 spiro atoms. The summed E-state index contributed by atoms with van der Waals surface area (Å²) in [6, 6.07) is 11.7. The van der Waals surface area contributed by atoms with E-state index >= 15 is 0 Å². The summed E-state index contributed by atoms with van der Waals surface area (Å²) in [5, 5.41) is 3.50. The van der Waals surface area contributed by atoms with Gasteiger partial charge in [0.15, 0.2) is 0 Å². The van der Waals surface area contributed by atoms with Gasteiger partial charge in [0, 0.05) is 32.3 Å². The Labute approximate surface area is 124 Å².